The van der Waals surface area contributed by atoms with Gasteiger partial charge < -0.3 is 0 Å². The molecule has 0 amide bonds. The molecule has 2 N–H and O–H groups in total. The van der Waals surface area contributed by atoms with E-state index in [1.54, 1.807) is 9.36 Å². The summed E-state index contributed by atoms with van der Waals surface area (Å²) < 4.78 is 3.49. The molecule has 0 saturated carbocycles. The van der Waals surface area contributed by atoms with E-state index in [0.29, 0.717) is 13.1 Å². The first kappa shape index (κ1) is 24.3. The Balaban J connectivity index is 2.32. The molecule has 6 heteroatoms. The van der Waals surface area contributed by atoms with Crippen molar-refractivity contribution in [2.75, 3.05) is 0 Å². The van der Waals surface area contributed by atoms with Crippen molar-refractivity contribution < 1.29 is 0 Å². The minimum atomic E-state index is -0.156. The predicted octanol–water partition coefficient (Wildman–Crippen LogP) is 5.38. The van der Waals surface area contributed by atoms with E-state index < -0.39 is 0 Å². The van der Waals surface area contributed by atoms with Crippen LogP contribution in [-0.2, 0) is 13.1 Å². The van der Waals surface area contributed by atoms with E-state index in [4.69, 9.17) is 0 Å². The molecule has 0 aromatic carbocycles. The van der Waals surface area contributed by atoms with Crippen LogP contribution in [0.1, 0.15) is 113 Å². The predicted molar refractivity (Wildman–Crippen MR) is 125 cm³/mol. The van der Waals surface area contributed by atoms with Crippen LogP contribution in [0.3, 0.4) is 0 Å². The second kappa shape index (κ2) is 12.0. The summed E-state index contributed by atoms with van der Waals surface area (Å²) >= 11 is 0. The number of aryl methyl sites for hydroxylation is 4. The number of nitrogens with one attached hydrogen (secondary N) is 2. The minimum Gasteiger partial charge on any atom is -0.300 e. The third-order valence-electron chi connectivity index (χ3n) is 6.11. The standard InChI is InChI=1S/C24H42N4O2/c1-6-9-11-13-16-27-23(29)21(18(4)25-27)20(15-8-3)22-19(5)26-28(24(22)30)17-14-12-10-7-2/h20,25-26H,6-17H2,1-5H3. The topological polar surface area (TPSA) is 75.6 Å². The molecule has 0 bridgehead atoms. The fourth-order valence-electron chi connectivity index (χ4n) is 4.49. The summed E-state index contributed by atoms with van der Waals surface area (Å²) in [7, 11) is 0. The highest BCUT2D eigenvalue weighted by atomic mass is 16.1. The van der Waals surface area contributed by atoms with Crippen molar-refractivity contribution in [3.05, 3.63) is 43.2 Å². The number of H-pyrrole nitrogens is 2. The summed E-state index contributed by atoms with van der Waals surface area (Å²) in [6.07, 6.45) is 10.7. The molecular formula is C24H42N4O2. The van der Waals surface area contributed by atoms with Crippen molar-refractivity contribution in [2.45, 2.75) is 118 Å². The molecule has 6 nitrogen and oxygen atoms in total. The van der Waals surface area contributed by atoms with Crippen LogP contribution >= 0.6 is 0 Å². The van der Waals surface area contributed by atoms with Gasteiger partial charge in [-0.15, -0.1) is 0 Å². The molecule has 0 saturated heterocycles. The number of rotatable bonds is 14. The van der Waals surface area contributed by atoms with Crippen LogP contribution in [0.2, 0.25) is 0 Å². The second-order valence-corrected chi connectivity index (χ2v) is 8.68. The van der Waals surface area contributed by atoms with Gasteiger partial charge in [-0.3, -0.25) is 29.2 Å². The normalized spacial score (nSPS) is 11.7. The highest BCUT2D eigenvalue weighted by Crippen LogP contribution is 2.28. The molecule has 2 rings (SSSR count). The molecule has 0 unspecified atom stereocenters. The molecule has 170 valence electrons. The highest BCUT2D eigenvalue weighted by Gasteiger charge is 2.28. The quantitative estimate of drug-likeness (QED) is 0.404. The van der Waals surface area contributed by atoms with Crippen LogP contribution in [0.15, 0.2) is 9.59 Å². The lowest BCUT2D eigenvalue weighted by molar-refractivity contribution is 0.525. The Morgan fingerprint density at radius 3 is 1.47 bits per heavy atom. The Kier molecular flexibility index (Phi) is 9.73. The Morgan fingerprint density at radius 1 is 0.667 bits per heavy atom. The fraction of sp³-hybridized carbons (Fsp3) is 0.750. The van der Waals surface area contributed by atoms with Crippen LogP contribution in [-0.4, -0.2) is 19.6 Å². The monoisotopic (exact) mass is 418 g/mol. The number of aromatic amines is 2. The fourth-order valence-corrected chi connectivity index (χ4v) is 4.49. The number of hydrogen-bond donors (Lipinski definition) is 2. The van der Waals surface area contributed by atoms with Gasteiger partial charge in [-0.25, -0.2) is 0 Å². The summed E-state index contributed by atoms with van der Waals surface area (Å²) in [6.45, 7) is 11.9. The molecule has 0 aliphatic rings. The largest absolute Gasteiger partial charge is 0.300 e. The lowest BCUT2D eigenvalue weighted by atomic mass is 9.88. The van der Waals surface area contributed by atoms with Gasteiger partial charge in [-0.05, 0) is 33.1 Å². The zero-order valence-corrected chi connectivity index (χ0v) is 19.8. The maximum absolute atomic E-state index is 13.2. The molecule has 0 fully saturated rings. The van der Waals surface area contributed by atoms with Crippen LogP contribution in [0.4, 0.5) is 0 Å². The molecule has 2 aromatic rings. The number of aromatic nitrogens is 4. The average molecular weight is 419 g/mol. The first-order valence-corrected chi connectivity index (χ1v) is 12.0. The SMILES string of the molecule is CCCCCCn1[nH]c(C)c(C(CCC)c2c(C)[nH]n(CCCCCC)c2=O)c1=O. The molecule has 0 aliphatic heterocycles. The van der Waals surface area contributed by atoms with Gasteiger partial charge in [0, 0.05) is 41.5 Å². The van der Waals surface area contributed by atoms with E-state index in [1.807, 2.05) is 13.8 Å². The van der Waals surface area contributed by atoms with Crippen molar-refractivity contribution in [3.63, 3.8) is 0 Å². The molecule has 30 heavy (non-hydrogen) atoms. The van der Waals surface area contributed by atoms with Crippen LogP contribution in [0, 0.1) is 13.8 Å². The average Bonchev–Trinajstić information content (AvgIpc) is 3.15. The van der Waals surface area contributed by atoms with E-state index in [9.17, 15) is 9.59 Å². The van der Waals surface area contributed by atoms with Crippen molar-refractivity contribution in [1.82, 2.24) is 19.6 Å². The van der Waals surface area contributed by atoms with E-state index in [2.05, 4.69) is 31.0 Å². The maximum atomic E-state index is 13.2. The minimum absolute atomic E-state index is 0.0388. The summed E-state index contributed by atoms with van der Waals surface area (Å²) in [4.78, 5) is 26.5. The summed E-state index contributed by atoms with van der Waals surface area (Å²) in [5.74, 6) is -0.156. The molecule has 2 heterocycles. The first-order chi connectivity index (χ1) is 14.5. The number of hydrogen-bond acceptors (Lipinski definition) is 2. The second-order valence-electron chi connectivity index (χ2n) is 8.68. The van der Waals surface area contributed by atoms with Crippen molar-refractivity contribution in [1.29, 1.82) is 0 Å². The van der Waals surface area contributed by atoms with Crippen molar-refractivity contribution in [3.8, 4) is 0 Å². The third kappa shape index (κ3) is 5.79. The highest BCUT2D eigenvalue weighted by molar-refractivity contribution is 5.34. The van der Waals surface area contributed by atoms with E-state index >= 15 is 0 Å². The van der Waals surface area contributed by atoms with Crippen molar-refractivity contribution in [2.24, 2.45) is 0 Å². The van der Waals surface area contributed by atoms with Gasteiger partial charge in [0.15, 0.2) is 0 Å². The van der Waals surface area contributed by atoms with Gasteiger partial charge >= 0.3 is 0 Å². The molecular weight excluding hydrogens is 376 g/mol. The summed E-state index contributed by atoms with van der Waals surface area (Å²) in [5, 5.41) is 6.56. The summed E-state index contributed by atoms with van der Waals surface area (Å²) in [6, 6.07) is 0. The van der Waals surface area contributed by atoms with Gasteiger partial charge in [0.1, 0.15) is 0 Å². The molecule has 0 spiro atoms. The third-order valence-corrected chi connectivity index (χ3v) is 6.11. The van der Waals surface area contributed by atoms with Crippen LogP contribution < -0.4 is 11.1 Å². The molecule has 0 atom stereocenters. The lowest BCUT2D eigenvalue weighted by Crippen LogP contribution is -2.26. The Bertz CT molecular complexity index is 814. The lowest BCUT2D eigenvalue weighted by Gasteiger charge is -2.13. The van der Waals surface area contributed by atoms with E-state index in [-0.39, 0.29) is 17.0 Å². The first-order valence-electron chi connectivity index (χ1n) is 12.0. The number of nitrogens with zero attached hydrogens (tertiary/aromatic N) is 2. The Morgan fingerprint density at radius 2 is 1.10 bits per heavy atom. The van der Waals surface area contributed by atoms with Crippen molar-refractivity contribution >= 4 is 0 Å². The van der Waals surface area contributed by atoms with Gasteiger partial charge in [0.2, 0.25) is 0 Å². The van der Waals surface area contributed by atoms with Gasteiger partial charge in [-0.2, -0.15) is 0 Å². The van der Waals surface area contributed by atoms with Crippen LogP contribution in [0.5, 0.6) is 0 Å². The maximum Gasteiger partial charge on any atom is 0.270 e. The van der Waals surface area contributed by atoms with Crippen LogP contribution in [0.25, 0.3) is 0 Å². The zero-order chi connectivity index (χ0) is 22.1. The van der Waals surface area contributed by atoms with Gasteiger partial charge in [0.25, 0.3) is 11.1 Å². The molecule has 0 radical (unpaired) electrons. The smallest absolute Gasteiger partial charge is 0.270 e. The zero-order valence-electron chi connectivity index (χ0n) is 19.8. The molecule has 0 aliphatic carbocycles. The summed E-state index contributed by atoms with van der Waals surface area (Å²) in [5.41, 5.74) is 3.40. The Hall–Kier alpha value is -1.98. The Labute approximate surface area is 181 Å². The number of unbranched alkanes of at least 4 members (excludes halogenated alkanes) is 6. The molecule has 2 aromatic heterocycles. The van der Waals surface area contributed by atoms with E-state index in [1.165, 1.54) is 25.7 Å². The van der Waals surface area contributed by atoms with E-state index in [0.717, 1.165) is 61.0 Å². The van der Waals surface area contributed by atoms with Gasteiger partial charge in [0.05, 0.1) is 0 Å². The van der Waals surface area contributed by atoms with Gasteiger partial charge in [-0.1, -0.05) is 65.7 Å².